The lowest BCUT2D eigenvalue weighted by molar-refractivity contribution is -0.114. The number of unbranched alkanes of at least 4 members (excludes halogenated alkanes) is 1. The monoisotopic (exact) mass is 468 g/mol. The van der Waals surface area contributed by atoms with E-state index in [0.717, 1.165) is 46.4 Å². The SMILES string of the molecule is CC(C)CCCC[C@H]1CC[C@H]2[C@@H]3CC[C@H]4CC(c5cccc(Cl)c5)CC[C@]4(C)[C@H]3CC[C@]12C. The Morgan fingerprint density at radius 2 is 1.70 bits per heavy atom. The predicted octanol–water partition coefficient (Wildman–Crippen LogP) is 10.3. The second-order valence-electron chi connectivity index (χ2n) is 13.7. The van der Waals surface area contributed by atoms with Crippen molar-refractivity contribution in [3.8, 4) is 0 Å². The smallest absolute Gasteiger partial charge is 0.0408 e. The summed E-state index contributed by atoms with van der Waals surface area (Å²) in [6.07, 6.45) is 19.2. The number of hydrogen-bond donors (Lipinski definition) is 0. The zero-order valence-corrected chi connectivity index (χ0v) is 22.7. The topological polar surface area (TPSA) is 0 Å². The molecule has 0 saturated heterocycles. The van der Waals surface area contributed by atoms with Crippen molar-refractivity contribution in [3.63, 3.8) is 0 Å². The fraction of sp³-hybridized carbons (Fsp3) is 0.812. The molecule has 4 saturated carbocycles. The first-order valence-electron chi connectivity index (χ1n) is 14.6. The van der Waals surface area contributed by atoms with Crippen LogP contribution in [0.15, 0.2) is 24.3 Å². The maximum Gasteiger partial charge on any atom is 0.0408 e. The molecule has 184 valence electrons. The first kappa shape index (κ1) is 24.2. The van der Waals surface area contributed by atoms with Crippen LogP contribution in [0.2, 0.25) is 5.02 Å². The summed E-state index contributed by atoms with van der Waals surface area (Å²) in [5.74, 6) is 6.58. The van der Waals surface area contributed by atoms with E-state index >= 15 is 0 Å². The Bertz CT molecular complexity index is 812. The average Bonchev–Trinajstić information content (AvgIpc) is 3.12. The Labute approximate surface area is 209 Å². The molecule has 1 aromatic carbocycles. The van der Waals surface area contributed by atoms with Crippen LogP contribution < -0.4 is 0 Å². The third-order valence-corrected chi connectivity index (χ3v) is 12.0. The van der Waals surface area contributed by atoms with Gasteiger partial charge in [0, 0.05) is 5.02 Å². The van der Waals surface area contributed by atoms with Crippen molar-refractivity contribution < 1.29 is 0 Å². The molecule has 0 spiro atoms. The van der Waals surface area contributed by atoms with E-state index in [1.165, 1.54) is 82.6 Å². The van der Waals surface area contributed by atoms with Crippen molar-refractivity contribution in [1.82, 2.24) is 0 Å². The highest BCUT2D eigenvalue weighted by Crippen LogP contribution is 2.68. The van der Waals surface area contributed by atoms with E-state index in [2.05, 4.69) is 45.9 Å². The molecule has 1 aromatic rings. The van der Waals surface area contributed by atoms with Crippen LogP contribution in [0.1, 0.15) is 123 Å². The van der Waals surface area contributed by atoms with Gasteiger partial charge in [0.1, 0.15) is 0 Å². The standard InChI is InChI=1S/C32H49Cl/c1-22(2)8-5-6-10-25-13-15-29-28-14-12-26-20-24(23-9-7-11-27(33)21-23)16-18-32(26,4)30(28)17-19-31(25,29)3/h7,9,11,21-22,24-26,28-30H,5-6,8,10,12-20H2,1-4H3/t24?,25-,26-,28-,29-,30-,31+,32-/m0/s1. The summed E-state index contributed by atoms with van der Waals surface area (Å²) in [7, 11) is 0. The van der Waals surface area contributed by atoms with Gasteiger partial charge >= 0.3 is 0 Å². The van der Waals surface area contributed by atoms with Gasteiger partial charge in [-0.2, -0.15) is 0 Å². The number of rotatable bonds is 6. The predicted molar refractivity (Wildman–Crippen MR) is 143 cm³/mol. The summed E-state index contributed by atoms with van der Waals surface area (Å²) in [6.45, 7) is 10.2. The van der Waals surface area contributed by atoms with Gasteiger partial charge in [-0.1, -0.05) is 70.7 Å². The molecule has 4 aliphatic rings. The fourth-order valence-electron chi connectivity index (χ4n) is 9.85. The molecule has 4 aliphatic carbocycles. The highest BCUT2D eigenvalue weighted by Gasteiger charge is 2.59. The van der Waals surface area contributed by atoms with Crippen molar-refractivity contribution >= 4 is 11.6 Å². The molecule has 0 heterocycles. The van der Waals surface area contributed by atoms with E-state index in [1.807, 2.05) is 6.07 Å². The van der Waals surface area contributed by atoms with Gasteiger partial charge < -0.3 is 0 Å². The third-order valence-electron chi connectivity index (χ3n) is 11.8. The molecular weight excluding hydrogens is 420 g/mol. The lowest BCUT2D eigenvalue weighted by Crippen LogP contribution is -2.53. The minimum Gasteiger partial charge on any atom is -0.0843 e. The molecule has 33 heavy (non-hydrogen) atoms. The number of benzene rings is 1. The highest BCUT2D eigenvalue weighted by molar-refractivity contribution is 6.30. The lowest BCUT2D eigenvalue weighted by Gasteiger charge is -2.61. The van der Waals surface area contributed by atoms with Gasteiger partial charge in [0.25, 0.3) is 0 Å². The molecule has 0 aromatic heterocycles. The average molecular weight is 469 g/mol. The summed E-state index contributed by atoms with van der Waals surface area (Å²) in [4.78, 5) is 0. The maximum absolute atomic E-state index is 6.35. The maximum atomic E-state index is 6.35. The molecule has 1 heteroatoms. The first-order valence-corrected chi connectivity index (χ1v) is 14.9. The Morgan fingerprint density at radius 3 is 2.48 bits per heavy atom. The molecule has 0 radical (unpaired) electrons. The minimum atomic E-state index is 0.592. The summed E-state index contributed by atoms with van der Waals surface area (Å²) in [5, 5.41) is 0.913. The molecular formula is C32H49Cl. The first-order chi connectivity index (χ1) is 15.8. The summed E-state index contributed by atoms with van der Waals surface area (Å²) >= 11 is 6.35. The van der Waals surface area contributed by atoms with Crippen molar-refractivity contribution in [3.05, 3.63) is 34.9 Å². The van der Waals surface area contributed by atoms with Crippen molar-refractivity contribution in [2.75, 3.05) is 0 Å². The molecule has 0 bridgehead atoms. The van der Waals surface area contributed by atoms with Gasteiger partial charge in [-0.3, -0.25) is 0 Å². The van der Waals surface area contributed by atoms with E-state index in [4.69, 9.17) is 11.6 Å². The number of fused-ring (bicyclic) bond motifs is 5. The van der Waals surface area contributed by atoms with E-state index in [9.17, 15) is 0 Å². The van der Waals surface area contributed by atoms with Gasteiger partial charge in [-0.25, -0.2) is 0 Å². The lowest BCUT2D eigenvalue weighted by atomic mass is 9.44. The van der Waals surface area contributed by atoms with Gasteiger partial charge in [0.15, 0.2) is 0 Å². The Hall–Kier alpha value is -0.490. The van der Waals surface area contributed by atoms with Crippen LogP contribution in [0.4, 0.5) is 0 Å². The second kappa shape index (κ2) is 9.52. The largest absolute Gasteiger partial charge is 0.0843 e. The van der Waals surface area contributed by atoms with E-state index in [0.29, 0.717) is 10.8 Å². The van der Waals surface area contributed by atoms with Crippen LogP contribution in [-0.2, 0) is 0 Å². The van der Waals surface area contributed by atoms with Crippen LogP contribution in [0, 0.1) is 46.3 Å². The molecule has 0 aliphatic heterocycles. The number of hydrogen-bond acceptors (Lipinski definition) is 0. The van der Waals surface area contributed by atoms with Crippen LogP contribution in [-0.4, -0.2) is 0 Å². The van der Waals surface area contributed by atoms with Gasteiger partial charge in [-0.15, -0.1) is 0 Å². The van der Waals surface area contributed by atoms with Crippen LogP contribution >= 0.6 is 11.6 Å². The minimum absolute atomic E-state index is 0.592. The zero-order valence-electron chi connectivity index (χ0n) is 21.9. The van der Waals surface area contributed by atoms with Crippen LogP contribution in [0.5, 0.6) is 0 Å². The Balaban J connectivity index is 1.25. The molecule has 4 fully saturated rings. The van der Waals surface area contributed by atoms with E-state index in [-0.39, 0.29) is 0 Å². The van der Waals surface area contributed by atoms with Crippen molar-refractivity contribution in [2.45, 2.75) is 117 Å². The molecule has 1 unspecified atom stereocenters. The molecule has 0 amide bonds. The van der Waals surface area contributed by atoms with E-state index < -0.39 is 0 Å². The zero-order chi connectivity index (χ0) is 23.2. The highest BCUT2D eigenvalue weighted by atomic mass is 35.5. The Kier molecular flexibility index (Phi) is 6.99. The summed E-state index contributed by atoms with van der Waals surface area (Å²) in [5.41, 5.74) is 2.74. The second-order valence-corrected chi connectivity index (χ2v) is 14.1. The molecule has 8 atom stereocenters. The molecule has 0 N–H and O–H groups in total. The van der Waals surface area contributed by atoms with Gasteiger partial charge in [0.2, 0.25) is 0 Å². The van der Waals surface area contributed by atoms with Crippen LogP contribution in [0.3, 0.4) is 0 Å². The van der Waals surface area contributed by atoms with E-state index in [1.54, 1.807) is 6.42 Å². The van der Waals surface area contributed by atoms with Gasteiger partial charge in [0.05, 0.1) is 0 Å². The molecule has 0 nitrogen and oxygen atoms in total. The van der Waals surface area contributed by atoms with Crippen LogP contribution in [0.25, 0.3) is 0 Å². The normalized spacial score (nSPS) is 42.6. The van der Waals surface area contributed by atoms with Gasteiger partial charge in [-0.05, 0) is 134 Å². The third kappa shape index (κ3) is 4.45. The fourth-order valence-corrected chi connectivity index (χ4v) is 10.0. The molecule has 5 rings (SSSR count). The number of halogens is 1. The Morgan fingerprint density at radius 1 is 0.909 bits per heavy atom. The van der Waals surface area contributed by atoms with Crippen molar-refractivity contribution in [2.24, 2.45) is 46.3 Å². The van der Waals surface area contributed by atoms with Crippen molar-refractivity contribution in [1.29, 1.82) is 0 Å². The summed E-state index contributed by atoms with van der Waals surface area (Å²) in [6, 6.07) is 8.76. The quantitative estimate of drug-likeness (QED) is 0.364. The summed E-state index contributed by atoms with van der Waals surface area (Å²) < 4.78 is 0.